The molecular formula is C18H15BrN2O3S. The predicted octanol–water partition coefficient (Wildman–Crippen LogP) is 4.36. The second-order valence-electron chi connectivity index (χ2n) is 5.37. The Balaban J connectivity index is 1.89. The molecule has 1 aliphatic rings. The molecule has 0 spiro atoms. The van der Waals surface area contributed by atoms with Crippen LogP contribution in [-0.2, 0) is 4.79 Å². The number of methoxy groups -OCH3 is 1. The first-order valence-corrected chi connectivity index (χ1v) is 9.00. The first-order chi connectivity index (χ1) is 12.0. The molecular weight excluding hydrogens is 404 g/mol. The van der Waals surface area contributed by atoms with Crippen molar-refractivity contribution in [3.05, 3.63) is 56.9 Å². The van der Waals surface area contributed by atoms with Crippen LogP contribution in [0.4, 0.5) is 5.69 Å². The smallest absolute Gasteiger partial charge is 0.264 e. The van der Waals surface area contributed by atoms with E-state index in [-0.39, 0.29) is 11.7 Å². The lowest BCUT2D eigenvalue weighted by molar-refractivity contribution is -0.115. The van der Waals surface area contributed by atoms with E-state index in [1.807, 2.05) is 31.2 Å². The zero-order valence-corrected chi connectivity index (χ0v) is 15.9. The van der Waals surface area contributed by atoms with E-state index in [1.54, 1.807) is 12.1 Å². The molecule has 0 bridgehead atoms. The molecule has 1 aliphatic heterocycles. The first kappa shape index (κ1) is 17.6. The number of nitrogens with one attached hydrogen (secondary N) is 1. The van der Waals surface area contributed by atoms with Gasteiger partial charge in [-0.15, -0.1) is 0 Å². The maximum atomic E-state index is 12.2. The van der Waals surface area contributed by atoms with E-state index in [4.69, 9.17) is 4.74 Å². The molecule has 2 N–H and O–H groups in total. The Morgan fingerprint density at radius 3 is 2.84 bits per heavy atom. The minimum atomic E-state index is -0.213. The van der Waals surface area contributed by atoms with Crippen molar-refractivity contribution in [3.8, 4) is 11.5 Å². The molecule has 1 saturated heterocycles. The fraction of sp³-hybridized carbons (Fsp3) is 0.111. The SMILES string of the molecule is COc1cc(C=C2SC(=Nc3cccc(C)c3)NC2=O)c(Br)cc1O. The van der Waals surface area contributed by atoms with Gasteiger partial charge in [-0.1, -0.05) is 28.1 Å². The molecule has 1 heterocycles. The average molecular weight is 419 g/mol. The maximum absolute atomic E-state index is 12.2. The van der Waals surface area contributed by atoms with Crippen LogP contribution in [-0.4, -0.2) is 23.3 Å². The highest BCUT2D eigenvalue weighted by Gasteiger charge is 2.24. The molecule has 1 amide bonds. The molecule has 0 aliphatic carbocycles. The van der Waals surface area contributed by atoms with Crippen LogP contribution >= 0.6 is 27.7 Å². The van der Waals surface area contributed by atoms with E-state index in [1.165, 1.54) is 24.9 Å². The number of ether oxygens (including phenoxy) is 1. The summed E-state index contributed by atoms with van der Waals surface area (Å²) in [6, 6.07) is 10.9. The Hall–Kier alpha value is -2.25. The molecule has 1 fully saturated rings. The standard InChI is InChI=1S/C18H15BrN2O3S/c1-10-4-3-5-12(6-10)20-18-21-17(23)16(25-18)8-11-7-15(24-2)14(22)9-13(11)19/h3-9,22H,1-2H3,(H,20,21,23). The number of hydrogen-bond donors (Lipinski definition) is 2. The van der Waals surface area contributed by atoms with Gasteiger partial charge in [-0.05, 0) is 60.2 Å². The highest BCUT2D eigenvalue weighted by atomic mass is 79.9. The van der Waals surface area contributed by atoms with Gasteiger partial charge in [-0.2, -0.15) is 0 Å². The summed E-state index contributed by atoms with van der Waals surface area (Å²) in [4.78, 5) is 17.2. The van der Waals surface area contributed by atoms with Crippen molar-refractivity contribution in [2.45, 2.75) is 6.92 Å². The van der Waals surface area contributed by atoms with Crippen molar-refractivity contribution < 1.29 is 14.6 Å². The lowest BCUT2D eigenvalue weighted by Gasteiger charge is -2.06. The van der Waals surface area contributed by atoms with Crippen molar-refractivity contribution in [1.82, 2.24) is 5.32 Å². The highest BCUT2D eigenvalue weighted by molar-refractivity contribution is 9.10. The Labute approximate surface area is 157 Å². The van der Waals surface area contributed by atoms with Crippen LogP contribution in [0.1, 0.15) is 11.1 Å². The van der Waals surface area contributed by atoms with Gasteiger partial charge in [0.2, 0.25) is 0 Å². The van der Waals surface area contributed by atoms with E-state index >= 15 is 0 Å². The Morgan fingerprint density at radius 2 is 2.12 bits per heavy atom. The number of aryl methyl sites for hydroxylation is 1. The third kappa shape index (κ3) is 4.05. The molecule has 5 nitrogen and oxygen atoms in total. The Bertz CT molecular complexity index is 909. The van der Waals surface area contributed by atoms with Crippen LogP contribution in [0.25, 0.3) is 6.08 Å². The second kappa shape index (κ2) is 7.33. The molecule has 0 radical (unpaired) electrons. The summed E-state index contributed by atoms with van der Waals surface area (Å²) in [6.45, 7) is 1.99. The third-order valence-electron chi connectivity index (χ3n) is 3.47. The highest BCUT2D eigenvalue weighted by Crippen LogP contribution is 2.35. The van der Waals surface area contributed by atoms with Crippen LogP contribution < -0.4 is 10.1 Å². The number of aliphatic imine (C=N–C) groups is 1. The first-order valence-electron chi connectivity index (χ1n) is 7.39. The number of thioether (sulfide) groups is 1. The van der Waals surface area contributed by atoms with Crippen molar-refractivity contribution >= 4 is 50.5 Å². The Kier molecular flexibility index (Phi) is 5.15. The third-order valence-corrected chi connectivity index (χ3v) is 5.06. The summed E-state index contributed by atoms with van der Waals surface area (Å²) < 4.78 is 5.77. The molecule has 7 heteroatoms. The van der Waals surface area contributed by atoms with Crippen molar-refractivity contribution in [2.24, 2.45) is 4.99 Å². The van der Waals surface area contributed by atoms with E-state index in [0.29, 0.717) is 20.3 Å². The molecule has 25 heavy (non-hydrogen) atoms. The molecule has 0 unspecified atom stereocenters. The molecule has 0 aromatic heterocycles. The largest absolute Gasteiger partial charge is 0.504 e. The fourth-order valence-corrected chi connectivity index (χ4v) is 3.55. The zero-order chi connectivity index (χ0) is 18.0. The zero-order valence-electron chi connectivity index (χ0n) is 13.5. The number of halogens is 1. The molecule has 2 aromatic rings. The van der Waals surface area contributed by atoms with Gasteiger partial charge in [-0.25, -0.2) is 4.99 Å². The van der Waals surface area contributed by atoms with E-state index in [0.717, 1.165) is 16.8 Å². The molecule has 0 saturated carbocycles. The van der Waals surface area contributed by atoms with Crippen molar-refractivity contribution in [2.75, 3.05) is 7.11 Å². The van der Waals surface area contributed by atoms with Crippen LogP contribution in [0.15, 0.2) is 50.8 Å². The maximum Gasteiger partial charge on any atom is 0.264 e. The fourth-order valence-electron chi connectivity index (χ4n) is 2.27. The van der Waals surface area contributed by atoms with E-state index < -0.39 is 0 Å². The summed E-state index contributed by atoms with van der Waals surface area (Å²) in [7, 11) is 1.48. The van der Waals surface area contributed by atoms with Gasteiger partial charge < -0.3 is 15.2 Å². The minimum Gasteiger partial charge on any atom is -0.504 e. The van der Waals surface area contributed by atoms with Crippen LogP contribution in [0.5, 0.6) is 11.5 Å². The number of aromatic hydroxyl groups is 1. The van der Waals surface area contributed by atoms with Gasteiger partial charge in [0.1, 0.15) is 0 Å². The van der Waals surface area contributed by atoms with Crippen LogP contribution in [0.2, 0.25) is 0 Å². The van der Waals surface area contributed by atoms with Gasteiger partial charge in [-0.3, -0.25) is 4.79 Å². The summed E-state index contributed by atoms with van der Waals surface area (Å²) in [5, 5.41) is 13.1. The summed E-state index contributed by atoms with van der Waals surface area (Å²) in [5.74, 6) is 0.157. The molecule has 128 valence electrons. The van der Waals surface area contributed by atoms with Gasteiger partial charge in [0.15, 0.2) is 16.7 Å². The normalized spacial score (nSPS) is 17.2. The lowest BCUT2D eigenvalue weighted by Crippen LogP contribution is -2.19. The molecule has 2 aromatic carbocycles. The second-order valence-corrected chi connectivity index (χ2v) is 7.25. The minimum absolute atomic E-state index is 0.0294. The van der Waals surface area contributed by atoms with Crippen molar-refractivity contribution in [3.63, 3.8) is 0 Å². The number of nitrogens with zero attached hydrogens (tertiary/aromatic N) is 1. The topological polar surface area (TPSA) is 70.9 Å². The number of amidine groups is 1. The lowest BCUT2D eigenvalue weighted by atomic mass is 10.2. The van der Waals surface area contributed by atoms with Gasteiger partial charge in [0, 0.05) is 4.47 Å². The number of carbonyl (C=O) groups excluding carboxylic acids is 1. The number of rotatable bonds is 3. The number of carbonyl (C=O) groups is 1. The quantitative estimate of drug-likeness (QED) is 0.726. The predicted molar refractivity (Wildman–Crippen MR) is 104 cm³/mol. The van der Waals surface area contributed by atoms with Gasteiger partial charge >= 0.3 is 0 Å². The van der Waals surface area contributed by atoms with Crippen LogP contribution in [0, 0.1) is 6.92 Å². The monoisotopic (exact) mass is 418 g/mol. The van der Waals surface area contributed by atoms with Gasteiger partial charge in [0.05, 0.1) is 17.7 Å². The number of hydrogen-bond acceptors (Lipinski definition) is 5. The van der Waals surface area contributed by atoms with E-state index in [9.17, 15) is 9.90 Å². The van der Waals surface area contributed by atoms with Gasteiger partial charge in [0.25, 0.3) is 5.91 Å². The summed E-state index contributed by atoms with van der Waals surface area (Å²) in [6.07, 6.45) is 1.73. The average Bonchev–Trinajstić information content (AvgIpc) is 2.89. The molecule has 0 atom stereocenters. The van der Waals surface area contributed by atoms with Crippen LogP contribution in [0.3, 0.4) is 0 Å². The van der Waals surface area contributed by atoms with Crippen molar-refractivity contribution in [1.29, 1.82) is 0 Å². The number of amides is 1. The summed E-state index contributed by atoms with van der Waals surface area (Å²) in [5.41, 5.74) is 2.62. The number of phenols is 1. The number of benzene rings is 2. The molecule has 3 rings (SSSR count). The number of phenolic OH excluding ortho intramolecular Hbond substituents is 1. The summed E-state index contributed by atoms with van der Waals surface area (Å²) >= 11 is 4.65. The Morgan fingerprint density at radius 1 is 1.32 bits per heavy atom. The van der Waals surface area contributed by atoms with E-state index in [2.05, 4.69) is 26.2 Å².